The van der Waals surface area contributed by atoms with E-state index in [1.165, 1.54) is 24.2 Å². The van der Waals surface area contributed by atoms with Crippen molar-refractivity contribution < 1.29 is 9.18 Å². The molecule has 0 fully saturated rings. The summed E-state index contributed by atoms with van der Waals surface area (Å²) in [5, 5.41) is 6.96. The van der Waals surface area contributed by atoms with Crippen LogP contribution in [0.15, 0.2) is 66.1 Å². The summed E-state index contributed by atoms with van der Waals surface area (Å²) >= 11 is 1.35. The molecule has 5 nitrogen and oxygen atoms in total. The normalized spacial score (nSPS) is 10.7. The molecule has 0 unspecified atom stereocenters. The van der Waals surface area contributed by atoms with Crippen LogP contribution >= 0.6 is 11.8 Å². The van der Waals surface area contributed by atoms with Gasteiger partial charge in [0.2, 0.25) is 5.91 Å². The Bertz CT molecular complexity index is 837. The Morgan fingerprint density at radius 1 is 1.12 bits per heavy atom. The number of hydrogen-bond acceptors (Lipinski definition) is 4. The minimum Gasteiger partial charge on any atom is -0.352 e. The molecule has 0 aliphatic heterocycles. The Balaban J connectivity index is 1.39. The van der Waals surface area contributed by atoms with E-state index in [0.29, 0.717) is 30.2 Å². The first kappa shape index (κ1) is 18.1. The number of nitrogens with zero attached hydrogens (tertiary/aromatic N) is 3. The van der Waals surface area contributed by atoms with Crippen molar-refractivity contribution in [1.82, 2.24) is 20.1 Å². The van der Waals surface area contributed by atoms with Crippen LogP contribution in [0.2, 0.25) is 0 Å². The second kappa shape index (κ2) is 9.15. The second-order valence-corrected chi connectivity index (χ2v) is 6.85. The van der Waals surface area contributed by atoms with Crippen LogP contribution in [0.4, 0.5) is 4.39 Å². The van der Waals surface area contributed by atoms with Gasteiger partial charge in [0.1, 0.15) is 18.5 Å². The molecule has 0 aliphatic rings. The lowest BCUT2D eigenvalue weighted by molar-refractivity contribution is -0.120. The number of carbonyl (C=O) groups is 1. The summed E-state index contributed by atoms with van der Waals surface area (Å²) in [6.45, 7) is 1.15. The predicted molar refractivity (Wildman–Crippen MR) is 99.2 cm³/mol. The molecule has 0 saturated heterocycles. The number of thioether (sulfide) groups is 1. The largest absolute Gasteiger partial charge is 0.352 e. The molecule has 0 radical (unpaired) electrons. The van der Waals surface area contributed by atoms with Gasteiger partial charge < -0.3 is 5.32 Å². The fraction of sp³-hybridized carbons (Fsp3) is 0.211. The van der Waals surface area contributed by atoms with Crippen LogP contribution in [0, 0.1) is 5.82 Å². The summed E-state index contributed by atoms with van der Waals surface area (Å²) < 4.78 is 15.3. The lowest BCUT2D eigenvalue weighted by Crippen LogP contribution is -2.23. The van der Waals surface area contributed by atoms with E-state index in [1.807, 2.05) is 24.3 Å². The van der Waals surface area contributed by atoms with Crippen LogP contribution < -0.4 is 5.32 Å². The second-order valence-electron chi connectivity index (χ2n) is 5.72. The number of hydrogen-bond donors (Lipinski definition) is 1. The minimum atomic E-state index is -0.246. The first-order valence-electron chi connectivity index (χ1n) is 8.25. The molecule has 3 aromatic rings. The number of aromatic nitrogens is 3. The average Bonchev–Trinajstić information content (AvgIpc) is 3.16. The van der Waals surface area contributed by atoms with Gasteiger partial charge in [0.25, 0.3) is 0 Å². The van der Waals surface area contributed by atoms with Crippen molar-refractivity contribution in [3.05, 3.63) is 78.1 Å². The van der Waals surface area contributed by atoms with E-state index < -0.39 is 0 Å². The number of rotatable bonds is 8. The molecule has 134 valence electrons. The van der Waals surface area contributed by atoms with Gasteiger partial charge in [-0.2, -0.15) is 5.10 Å². The molecule has 3 rings (SSSR count). The topological polar surface area (TPSA) is 59.8 Å². The molecule has 1 amide bonds. The molecule has 2 aromatic carbocycles. The third kappa shape index (κ3) is 5.42. The van der Waals surface area contributed by atoms with Gasteiger partial charge in [-0.25, -0.2) is 14.1 Å². The summed E-state index contributed by atoms with van der Waals surface area (Å²) in [5.41, 5.74) is 2.15. The third-order valence-corrected chi connectivity index (χ3v) is 4.80. The van der Waals surface area contributed by atoms with Crippen LogP contribution in [-0.2, 0) is 17.9 Å². The number of halogens is 1. The number of carbonyl (C=O) groups excluding carboxylic acids is 1. The van der Waals surface area contributed by atoms with Crippen molar-refractivity contribution in [2.75, 3.05) is 5.75 Å². The summed E-state index contributed by atoms with van der Waals surface area (Å²) in [4.78, 5) is 16.4. The lowest BCUT2D eigenvalue weighted by atomic mass is 10.1. The molecular formula is C19H19FN4OS. The smallest absolute Gasteiger partial charge is 0.221 e. The number of benzene rings is 2. The summed E-state index contributed by atoms with van der Waals surface area (Å²) in [7, 11) is 0. The standard InChI is InChI=1S/C19H19FN4OS/c20-17-3-1-2-4-18(17)26-10-9-19(25)22-11-15-5-7-16(8-6-15)12-24-14-21-13-23-24/h1-8,13-14H,9-12H2,(H,22,25). The summed E-state index contributed by atoms with van der Waals surface area (Å²) in [5.74, 6) is 0.258. The monoisotopic (exact) mass is 370 g/mol. The highest BCUT2D eigenvalue weighted by Crippen LogP contribution is 2.21. The van der Waals surface area contributed by atoms with Crippen molar-refractivity contribution in [3.63, 3.8) is 0 Å². The maximum Gasteiger partial charge on any atom is 0.221 e. The summed E-state index contributed by atoms with van der Waals surface area (Å²) in [6, 6.07) is 14.6. The van der Waals surface area contributed by atoms with Crippen molar-refractivity contribution in [1.29, 1.82) is 0 Å². The molecule has 0 spiro atoms. The van der Waals surface area contributed by atoms with Crippen molar-refractivity contribution in [2.24, 2.45) is 0 Å². The fourth-order valence-corrected chi connectivity index (χ4v) is 3.26. The maximum absolute atomic E-state index is 13.5. The van der Waals surface area contributed by atoms with E-state index in [-0.39, 0.29) is 11.7 Å². The van der Waals surface area contributed by atoms with Crippen LogP contribution in [0.25, 0.3) is 0 Å². The van der Waals surface area contributed by atoms with Gasteiger partial charge in [0.05, 0.1) is 6.54 Å². The SMILES string of the molecule is O=C(CCSc1ccccc1F)NCc1ccc(Cn2cncn2)cc1. The molecule has 0 aliphatic carbocycles. The van der Waals surface area contributed by atoms with E-state index in [2.05, 4.69) is 15.4 Å². The molecule has 7 heteroatoms. The zero-order valence-corrected chi connectivity index (χ0v) is 15.0. The highest BCUT2D eigenvalue weighted by atomic mass is 32.2. The van der Waals surface area contributed by atoms with E-state index >= 15 is 0 Å². The number of amides is 1. The van der Waals surface area contributed by atoms with Gasteiger partial charge in [0, 0.05) is 23.6 Å². The first-order valence-corrected chi connectivity index (χ1v) is 9.23. The molecule has 1 aromatic heterocycles. The van der Waals surface area contributed by atoms with Crippen LogP contribution in [-0.4, -0.2) is 26.4 Å². The Labute approximate surface area is 155 Å². The van der Waals surface area contributed by atoms with E-state index in [0.717, 1.165) is 11.1 Å². The molecule has 0 saturated carbocycles. The predicted octanol–water partition coefficient (Wildman–Crippen LogP) is 3.26. The molecular weight excluding hydrogens is 351 g/mol. The van der Waals surface area contributed by atoms with Gasteiger partial charge in [-0.05, 0) is 23.3 Å². The average molecular weight is 370 g/mol. The highest BCUT2D eigenvalue weighted by molar-refractivity contribution is 7.99. The molecule has 1 N–H and O–H groups in total. The van der Waals surface area contributed by atoms with E-state index in [9.17, 15) is 9.18 Å². The zero-order valence-electron chi connectivity index (χ0n) is 14.1. The quantitative estimate of drug-likeness (QED) is 0.618. The highest BCUT2D eigenvalue weighted by Gasteiger charge is 2.05. The molecule has 26 heavy (non-hydrogen) atoms. The molecule has 0 atom stereocenters. The van der Waals surface area contributed by atoms with Gasteiger partial charge in [-0.3, -0.25) is 4.79 Å². The van der Waals surface area contributed by atoms with Crippen molar-refractivity contribution in [2.45, 2.75) is 24.4 Å². The van der Waals surface area contributed by atoms with Crippen LogP contribution in [0.1, 0.15) is 17.5 Å². The van der Waals surface area contributed by atoms with E-state index in [1.54, 1.807) is 29.2 Å². The van der Waals surface area contributed by atoms with Crippen molar-refractivity contribution in [3.8, 4) is 0 Å². The van der Waals surface area contributed by atoms with Gasteiger partial charge >= 0.3 is 0 Å². The van der Waals surface area contributed by atoms with Crippen LogP contribution in [0.3, 0.4) is 0 Å². The minimum absolute atomic E-state index is 0.0412. The maximum atomic E-state index is 13.5. The van der Waals surface area contributed by atoms with Gasteiger partial charge in [-0.15, -0.1) is 11.8 Å². The zero-order chi connectivity index (χ0) is 18.2. The Hall–Kier alpha value is -2.67. The van der Waals surface area contributed by atoms with Crippen molar-refractivity contribution >= 4 is 17.7 Å². The van der Waals surface area contributed by atoms with Gasteiger partial charge in [-0.1, -0.05) is 36.4 Å². The molecule has 0 bridgehead atoms. The Morgan fingerprint density at radius 2 is 1.88 bits per heavy atom. The Kier molecular flexibility index (Phi) is 6.38. The van der Waals surface area contributed by atoms with Gasteiger partial charge in [0.15, 0.2) is 0 Å². The first-order chi connectivity index (χ1) is 12.7. The Morgan fingerprint density at radius 3 is 2.62 bits per heavy atom. The van der Waals surface area contributed by atoms with Crippen LogP contribution in [0.5, 0.6) is 0 Å². The fourth-order valence-electron chi connectivity index (χ4n) is 2.37. The van der Waals surface area contributed by atoms with E-state index in [4.69, 9.17) is 0 Å². The summed E-state index contributed by atoms with van der Waals surface area (Å²) in [6.07, 6.45) is 3.53. The molecule has 1 heterocycles. The lowest BCUT2D eigenvalue weighted by Gasteiger charge is -2.07. The number of nitrogens with one attached hydrogen (secondary N) is 1. The third-order valence-electron chi connectivity index (χ3n) is 3.75.